The maximum absolute atomic E-state index is 13.5. The molecule has 2 N–H and O–H groups in total. The molecule has 0 saturated heterocycles. The molecule has 0 bridgehead atoms. The molecule has 1 aromatic heterocycles. The van der Waals surface area contributed by atoms with Crippen molar-refractivity contribution in [2.45, 2.75) is 13.5 Å². The van der Waals surface area contributed by atoms with Gasteiger partial charge in [-0.2, -0.15) is 0 Å². The van der Waals surface area contributed by atoms with Crippen LogP contribution in [0.5, 0.6) is 0 Å². The van der Waals surface area contributed by atoms with Gasteiger partial charge in [-0.25, -0.2) is 9.18 Å². The van der Waals surface area contributed by atoms with Gasteiger partial charge in [-0.3, -0.25) is 14.3 Å². The van der Waals surface area contributed by atoms with Crippen molar-refractivity contribution >= 4 is 0 Å². The van der Waals surface area contributed by atoms with Crippen molar-refractivity contribution < 1.29 is 9.50 Å². The first-order valence-electron chi connectivity index (χ1n) is 6.19. The van der Waals surface area contributed by atoms with E-state index in [0.29, 0.717) is 16.7 Å². The molecule has 0 fully saturated rings. The third-order valence-corrected chi connectivity index (χ3v) is 2.81. The molecule has 0 radical (unpaired) electrons. The molecule has 0 unspecified atom stereocenters. The maximum Gasteiger partial charge on any atom is 0.328 e. The number of hydrogen-bond acceptors (Lipinski definition) is 3. The summed E-state index contributed by atoms with van der Waals surface area (Å²) in [5, 5.41) is 8.65. The zero-order chi connectivity index (χ0) is 15.4. The van der Waals surface area contributed by atoms with Gasteiger partial charge in [0.15, 0.2) is 0 Å². The van der Waals surface area contributed by atoms with Crippen LogP contribution in [0, 0.1) is 24.6 Å². The number of aromatic nitrogens is 2. The summed E-state index contributed by atoms with van der Waals surface area (Å²) in [6, 6.07) is 4.16. The summed E-state index contributed by atoms with van der Waals surface area (Å²) in [5.41, 5.74) is 0.341. The maximum atomic E-state index is 13.5. The SMILES string of the molecule is Cc1cn(Cc2cc(F)cc(C#CCO)c2)c(=O)[nH]c1=O. The number of aryl methyl sites for hydroxylation is 1. The molecule has 1 heterocycles. The smallest absolute Gasteiger partial charge is 0.328 e. The number of aliphatic hydroxyl groups excluding tert-OH is 1. The van der Waals surface area contributed by atoms with Crippen LogP contribution in [-0.4, -0.2) is 21.3 Å². The number of halogens is 1. The summed E-state index contributed by atoms with van der Waals surface area (Å²) in [5.74, 6) is 4.56. The Morgan fingerprint density at radius 1 is 1.33 bits per heavy atom. The summed E-state index contributed by atoms with van der Waals surface area (Å²) in [6.45, 7) is 1.38. The van der Waals surface area contributed by atoms with E-state index in [1.54, 1.807) is 13.0 Å². The molecule has 0 aliphatic carbocycles. The monoisotopic (exact) mass is 288 g/mol. The van der Waals surface area contributed by atoms with Crippen molar-refractivity contribution in [3.63, 3.8) is 0 Å². The fourth-order valence-electron chi connectivity index (χ4n) is 1.89. The molecule has 108 valence electrons. The first-order valence-corrected chi connectivity index (χ1v) is 6.19. The molecular weight excluding hydrogens is 275 g/mol. The Labute approximate surface area is 119 Å². The quantitative estimate of drug-likeness (QED) is 0.784. The minimum absolute atomic E-state index is 0.113. The van der Waals surface area contributed by atoms with Gasteiger partial charge in [-0.1, -0.05) is 11.8 Å². The second-order valence-corrected chi connectivity index (χ2v) is 4.51. The van der Waals surface area contributed by atoms with E-state index in [4.69, 9.17) is 5.11 Å². The molecule has 1 aromatic carbocycles. The second-order valence-electron chi connectivity index (χ2n) is 4.51. The zero-order valence-electron chi connectivity index (χ0n) is 11.3. The van der Waals surface area contributed by atoms with Gasteiger partial charge in [0, 0.05) is 17.3 Å². The van der Waals surface area contributed by atoms with Gasteiger partial charge in [-0.15, -0.1) is 0 Å². The van der Waals surface area contributed by atoms with Gasteiger partial charge >= 0.3 is 5.69 Å². The van der Waals surface area contributed by atoms with E-state index in [2.05, 4.69) is 16.8 Å². The Morgan fingerprint density at radius 3 is 2.81 bits per heavy atom. The summed E-state index contributed by atoms with van der Waals surface area (Å²) in [7, 11) is 0. The normalized spacial score (nSPS) is 10.0. The summed E-state index contributed by atoms with van der Waals surface area (Å²) < 4.78 is 14.8. The van der Waals surface area contributed by atoms with Gasteiger partial charge in [-0.05, 0) is 30.7 Å². The Bertz CT molecular complexity index is 840. The van der Waals surface area contributed by atoms with Crippen LogP contribution < -0.4 is 11.2 Å². The van der Waals surface area contributed by atoms with E-state index in [0.717, 1.165) is 0 Å². The van der Waals surface area contributed by atoms with E-state index >= 15 is 0 Å². The van der Waals surface area contributed by atoms with Crippen LogP contribution in [0.4, 0.5) is 4.39 Å². The summed E-state index contributed by atoms with van der Waals surface area (Å²) in [6.07, 6.45) is 1.42. The lowest BCUT2D eigenvalue weighted by Crippen LogP contribution is -2.31. The van der Waals surface area contributed by atoms with Crippen molar-refractivity contribution in [1.82, 2.24) is 9.55 Å². The molecule has 2 aromatic rings. The minimum Gasteiger partial charge on any atom is -0.384 e. The summed E-state index contributed by atoms with van der Waals surface area (Å²) >= 11 is 0. The highest BCUT2D eigenvalue weighted by atomic mass is 19.1. The topological polar surface area (TPSA) is 75.1 Å². The first-order chi connectivity index (χ1) is 9.99. The second kappa shape index (κ2) is 6.20. The molecule has 0 aliphatic rings. The highest BCUT2D eigenvalue weighted by Crippen LogP contribution is 2.09. The van der Waals surface area contributed by atoms with Crippen LogP contribution in [0.3, 0.4) is 0 Å². The highest BCUT2D eigenvalue weighted by Gasteiger charge is 2.04. The Kier molecular flexibility index (Phi) is 4.36. The van der Waals surface area contributed by atoms with E-state index in [1.165, 1.54) is 22.9 Å². The van der Waals surface area contributed by atoms with Crippen LogP contribution >= 0.6 is 0 Å². The third-order valence-electron chi connectivity index (χ3n) is 2.81. The fraction of sp³-hybridized carbons (Fsp3) is 0.200. The lowest BCUT2D eigenvalue weighted by molar-refractivity contribution is 0.350. The van der Waals surface area contributed by atoms with Gasteiger partial charge in [0.2, 0.25) is 0 Å². The largest absolute Gasteiger partial charge is 0.384 e. The van der Waals surface area contributed by atoms with E-state index in [1.807, 2.05) is 0 Å². The lowest BCUT2D eigenvalue weighted by atomic mass is 10.1. The van der Waals surface area contributed by atoms with E-state index < -0.39 is 17.1 Å². The molecule has 0 amide bonds. The number of benzene rings is 1. The predicted octanol–water partition coefficient (Wildman–Crippen LogP) is 0.376. The number of hydrogen-bond donors (Lipinski definition) is 2. The predicted molar refractivity (Wildman–Crippen MR) is 75.5 cm³/mol. The zero-order valence-corrected chi connectivity index (χ0v) is 11.3. The highest BCUT2D eigenvalue weighted by molar-refractivity contribution is 5.38. The van der Waals surface area contributed by atoms with Crippen LogP contribution in [0.15, 0.2) is 34.0 Å². The van der Waals surface area contributed by atoms with Crippen LogP contribution in [0.1, 0.15) is 16.7 Å². The number of nitrogens with one attached hydrogen (secondary N) is 1. The standard InChI is InChI=1S/C15H13FN2O3/c1-10-8-18(15(21)17-14(10)20)9-12-5-11(3-2-4-19)6-13(16)7-12/h5-8,19H,4,9H2,1H3,(H,17,20,21). The molecule has 0 atom stereocenters. The summed E-state index contributed by atoms with van der Waals surface area (Å²) in [4.78, 5) is 25.2. The van der Waals surface area contributed by atoms with Gasteiger partial charge in [0.05, 0.1) is 6.54 Å². The first kappa shape index (κ1) is 14.8. The van der Waals surface area contributed by atoms with Crippen molar-refractivity contribution in [2.75, 3.05) is 6.61 Å². The molecule has 6 heteroatoms. The number of aliphatic hydroxyl groups is 1. The van der Waals surface area contributed by atoms with Crippen molar-refractivity contribution in [2.24, 2.45) is 0 Å². The number of H-pyrrole nitrogens is 1. The molecule has 0 aliphatic heterocycles. The minimum atomic E-state index is -0.558. The number of nitrogens with zero attached hydrogens (tertiary/aromatic N) is 1. The van der Waals surface area contributed by atoms with Crippen LogP contribution in [0.25, 0.3) is 0 Å². The Morgan fingerprint density at radius 2 is 2.10 bits per heavy atom. The average Bonchev–Trinajstić information content (AvgIpc) is 2.42. The van der Waals surface area contributed by atoms with E-state index in [-0.39, 0.29) is 13.2 Å². The Hall–Kier alpha value is -2.65. The number of rotatable bonds is 2. The molecule has 0 spiro atoms. The van der Waals surface area contributed by atoms with Gasteiger partial charge < -0.3 is 5.11 Å². The Balaban J connectivity index is 2.40. The average molecular weight is 288 g/mol. The molecule has 5 nitrogen and oxygen atoms in total. The van der Waals surface area contributed by atoms with Gasteiger partial charge in [0.25, 0.3) is 5.56 Å². The molecule has 0 saturated carbocycles. The van der Waals surface area contributed by atoms with Crippen molar-refractivity contribution in [1.29, 1.82) is 0 Å². The molecule has 2 rings (SSSR count). The van der Waals surface area contributed by atoms with Crippen LogP contribution in [0.2, 0.25) is 0 Å². The van der Waals surface area contributed by atoms with Gasteiger partial charge in [0.1, 0.15) is 12.4 Å². The molecule has 21 heavy (non-hydrogen) atoms. The lowest BCUT2D eigenvalue weighted by Gasteiger charge is -2.07. The van der Waals surface area contributed by atoms with Crippen LogP contribution in [-0.2, 0) is 6.54 Å². The van der Waals surface area contributed by atoms with Crippen molar-refractivity contribution in [3.8, 4) is 11.8 Å². The number of aromatic amines is 1. The third kappa shape index (κ3) is 3.68. The van der Waals surface area contributed by atoms with Crippen molar-refractivity contribution in [3.05, 3.63) is 67.7 Å². The molecular formula is C15H13FN2O3. The fourth-order valence-corrected chi connectivity index (χ4v) is 1.89. The van der Waals surface area contributed by atoms with E-state index in [9.17, 15) is 14.0 Å².